The average molecular weight is 375 g/mol. The van der Waals surface area contributed by atoms with E-state index in [1.807, 2.05) is 31.2 Å². The Morgan fingerprint density at radius 2 is 1.81 bits per heavy atom. The molecule has 0 aliphatic carbocycles. The number of benzene rings is 1. The Kier molecular flexibility index (Phi) is 8.58. The first-order chi connectivity index (χ1) is 13.0. The summed E-state index contributed by atoms with van der Waals surface area (Å²) in [4.78, 5) is 28.6. The fraction of sp³-hybridized carbons (Fsp3) is 0.619. The zero-order chi connectivity index (χ0) is 19.6. The lowest BCUT2D eigenvalue weighted by atomic mass is 10.2. The minimum absolute atomic E-state index is 0.0546. The van der Waals surface area contributed by atoms with E-state index in [9.17, 15) is 9.59 Å². The standard InChI is InChI=1S/C21H34N4O2/c1-4-12-24(13-5-2)14-6-11-22-21(27)23-18-15-20(26)25(16-18)19-9-7-17(3)8-10-19/h7-10,18H,4-6,11-16H2,1-3H3,(H2,22,23,27). The fourth-order valence-corrected chi connectivity index (χ4v) is 3.49. The Morgan fingerprint density at radius 1 is 1.15 bits per heavy atom. The molecule has 1 aliphatic rings. The van der Waals surface area contributed by atoms with Crippen LogP contribution in [-0.4, -0.2) is 55.6 Å². The fourth-order valence-electron chi connectivity index (χ4n) is 3.49. The van der Waals surface area contributed by atoms with Gasteiger partial charge in [0.15, 0.2) is 0 Å². The molecule has 6 heteroatoms. The maximum Gasteiger partial charge on any atom is 0.315 e. The third kappa shape index (κ3) is 6.86. The van der Waals surface area contributed by atoms with Crippen LogP contribution < -0.4 is 15.5 Å². The molecule has 2 rings (SSSR count). The van der Waals surface area contributed by atoms with E-state index in [-0.39, 0.29) is 18.0 Å². The molecule has 1 fully saturated rings. The van der Waals surface area contributed by atoms with E-state index in [4.69, 9.17) is 0 Å². The summed E-state index contributed by atoms with van der Waals surface area (Å²) in [5, 5.41) is 5.85. The SMILES string of the molecule is CCCN(CCC)CCCNC(=O)NC1CC(=O)N(c2ccc(C)cc2)C1. The van der Waals surface area contributed by atoms with E-state index in [1.54, 1.807) is 4.90 Å². The van der Waals surface area contributed by atoms with Crippen LogP contribution in [0.15, 0.2) is 24.3 Å². The third-order valence-electron chi connectivity index (χ3n) is 4.82. The maximum absolute atomic E-state index is 12.3. The topological polar surface area (TPSA) is 64.7 Å². The number of aryl methyl sites for hydroxylation is 1. The molecule has 27 heavy (non-hydrogen) atoms. The van der Waals surface area contributed by atoms with E-state index in [0.29, 0.717) is 19.5 Å². The quantitative estimate of drug-likeness (QED) is 0.619. The molecule has 1 atom stereocenters. The summed E-state index contributed by atoms with van der Waals surface area (Å²) in [6.45, 7) is 10.8. The smallest absolute Gasteiger partial charge is 0.315 e. The molecule has 0 radical (unpaired) electrons. The summed E-state index contributed by atoms with van der Waals surface area (Å²) in [5.74, 6) is 0.0546. The second-order valence-corrected chi connectivity index (χ2v) is 7.34. The summed E-state index contributed by atoms with van der Waals surface area (Å²) in [6, 6.07) is 7.57. The van der Waals surface area contributed by atoms with Crippen molar-refractivity contribution in [3.63, 3.8) is 0 Å². The number of anilines is 1. The van der Waals surface area contributed by atoms with Crippen LogP contribution in [0.5, 0.6) is 0 Å². The molecular formula is C21H34N4O2. The number of nitrogens with zero attached hydrogens (tertiary/aromatic N) is 2. The summed E-state index contributed by atoms with van der Waals surface area (Å²) in [6.07, 6.45) is 3.59. The van der Waals surface area contributed by atoms with Gasteiger partial charge in [0.2, 0.25) is 5.91 Å². The monoisotopic (exact) mass is 374 g/mol. The van der Waals surface area contributed by atoms with Gasteiger partial charge in [0.05, 0.1) is 6.04 Å². The van der Waals surface area contributed by atoms with Crippen molar-refractivity contribution >= 4 is 17.6 Å². The van der Waals surface area contributed by atoms with E-state index >= 15 is 0 Å². The van der Waals surface area contributed by atoms with Gasteiger partial charge in [-0.05, 0) is 58.0 Å². The Morgan fingerprint density at radius 3 is 2.44 bits per heavy atom. The molecular weight excluding hydrogens is 340 g/mol. The van der Waals surface area contributed by atoms with Gasteiger partial charge in [-0.1, -0.05) is 31.5 Å². The van der Waals surface area contributed by atoms with Crippen molar-refractivity contribution in [1.29, 1.82) is 0 Å². The lowest BCUT2D eigenvalue weighted by Crippen LogP contribution is -2.44. The number of amides is 3. The van der Waals surface area contributed by atoms with Crippen molar-refractivity contribution in [2.24, 2.45) is 0 Å². The Bertz CT molecular complexity index is 597. The second kappa shape index (κ2) is 10.9. The van der Waals surface area contributed by atoms with Crippen LogP contribution >= 0.6 is 0 Å². The highest BCUT2D eigenvalue weighted by Crippen LogP contribution is 2.21. The number of nitrogens with one attached hydrogen (secondary N) is 2. The average Bonchev–Trinajstić information content (AvgIpc) is 2.99. The predicted molar refractivity (Wildman–Crippen MR) is 110 cm³/mol. The van der Waals surface area contributed by atoms with Gasteiger partial charge < -0.3 is 20.4 Å². The van der Waals surface area contributed by atoms with Gasteiger partial charge in [0, 0.05) is 25.2 Å². The summed E-state index contributed by atoms with van der Waals surface area (Å²) in [5.41, 5.74) is 2.05. The number of hydrogen-bond acceptors (Lipinski definition) is 3. The van der Waals surface area contributed by atoms with E-state index in [1.165, 1.54) is 0 Å². The minimum Gasteiger partial charge on any atom is -0.338 e. The molecule has 150 valence electrons. The molecule has 1 aromatic carbocycles. The molecule has 0 aromatic heterocycles. The van der Waals surface area contributed by atoms with Gasteiger partial charge in [-0.3, -0.25) is 4.79 Å². The van der Waals surface area contributed by atoms with Crippen LogP contribution in [-0.2, 0) is 4.79 Å². The molecule has 1 aromatic rings. The highest BCUT2D eigenvalue weighted by Gasteiger charge is 2.31. The highest BCUT2D eigenvalue weighted by atomic mass is 16.2. The summed E-state index contributed by atoms with van der Waals surface area (Å²) >= 11 is 0. The first kappa shape index (κ1) is 21.2. The molecule has 3 amide bonds. The largest absolute Gasteiger partial charge is 0.338 e. The van der Waals surface area contributed by atoms with Crippen LogP contribution in [0.3, 0.4) is 0 Å². The van der Waals surface area contributed by atoms with Crippen LogP contribution in [0.2, 0.25) is 0 Å². The summed E-state index contributed by atoms with van der Waals surface area (Å²) < 4.78 is 0. The molecule has 1 unspecified atom stereocenters. The first-order valence-electron chi connectivity index (χ1n) is 10.2. The van der Waals surface area contributed by atoms with Crippen molar-refractivity contribution in [3.05, 3.63) is 29.8 Å². The van der Waals surface area contributed by atoms with E-state index < -0.39 is 0 Å². The number of carbonyl (C=O) groups is 2. The third-order valence-corrected chi connectivity index (χ3v) is 4.82. The molecule has 0 bridgehead atoms. The van der Waals surface area contributed by atoms with Crippen LogP contribution in [0.4, 0.5) is 10.5 Å². The lowest BCUT2D eigenvalue weighted by molar-refractivity contribution is -0.117. The van der Waals surface area contributed by atoms with Crippen molar-refractivity contribution in [1.82, 2.24) is 15.5 Å². The maximum atomic E-state index is 12.3. The van der Waals surface area contributed by atoms with Crippen molar-refractivity contribution < 1.29 is 9.59 Å². The zero-order valence-corrected chi connectivity index (χ0v) is 17.0. The molecule has 6 nitrogen and oxygen atoms in total. The predicted octanol–water partition coefficient (Wildman–Crippen LogP) is 2.91. The van der Waals surface area contributed by atoms with Crippen LogP contribution in [0.1, 0.15) is 45.1 Å². The highest BCUT2D eigenvalue weighted by molar-refractivity contribution is 5.96. The minimum atomic E-state index is -0.184. The lowest BCUT2D eigenvalue weighted by Gasteiger charge is -2.21. The second-order valence-electron chi connectivity index (χ2n) is 7.34. The molecule has 1 heterocycles. The molecule has 0 spiro atoms. The van der Waals surface area contributed by atoms with Gasteiger partial charge in [-0.2, -0.15) is 0 Å². The Labute approximate surface area is 163 Å². The van der Waals surface area contributed by atoms with Gasteiger partial charge in [-0.15, -0.1) is 0 Å². The van der Waals surface area contributed by atoms with Crippen molar-refractivity contribution in [2.75, 3.05) is 37.6 Å². The van der Waals surface area contributed by atoms with E-state index in [2.05, 4.69) is 29.4 Å². The summed E-state index contributed by atoms with van der Waals surface area (Å²) in [7, 11) is 0. The first-order valence-corrected chi connectivity index (χ1v) is 10.2. The van der Waals surface area contributed by atoms with Gasteiger partial charge in [-0.25, -0.2) is 4.79 Å². The van der Waals surface area contributed by atoms with Crippen LogP contribution in [0.25, 0.3) is 0 Å². The van der Waals surface area contributed by atoms with Gasteiger partial charge >= 0.3 is 6.03 Å². The normalized spacial score (nSPS) is 16.8. The van der Waals surface area contributed by atoms with E-state index in [0.717, 1.165) is 50.1 Å². The van der Waals surface area contributed by atoms with Crippen LogP contribution in [0, 0.1) is 6.92 Å². The number of urea groups is 1. The van der Waals surface area contributed by atoms with Crippen molar-refractivity contribution in [3.8, 4) is 0 Å². The zero-order valence-electron chi connectivity index (χ0n) is 17.0. The Balaban J connectivity index is 1.70. The molecule has 0 saturated carbocycles. The molecule has 1 saturated heterocycles. The molecule has 2 N–H and O–H groups in total. The van der Waals surface area contributed by atoms with Gasteiger partial charge in [0.1, 0.15) is 0 Å². The van der Waals surface area contributed by atoms with Gasteiger partial charge in [0.25, 0.3) is 0 Å². The van der Waals surface area contributed by atoms with Crippen molar-refractivity contribution in [2.45, 2.75) is 52.5 Å². The molecule has 1 aliphatic heterocycles. The number of carbonyl (C=O) groups excluding carboxylic acids is 2. The Hall–Kier alpha value is -2.08. The number of rotatable bonds is 10. The number of hydrogen-bond donors (Lipinski definition) is 2.